The molecular weight excluding hydrogens is 276 g/mol. The standard InChI is InChI=1S/C18H36N2O2/c1-5-6-7-8-12-19-13-11-16-10-9-14-20(15-16)17(21)22-18(2,3)4/h16,19H,5-15H2,1-4H3. The van der Waals surface area contributed by atoms with E-state index < -0.39 is 5.60 Å². The zero-order chi connectivity index (χ0) is 16.4. The highest BCUT2D eigenvalue weighted by Gasteiger charge is 2.27. The molecule has 0 aromatic heterocycles. The van der Waals surface area contributed by atoms with Crippen molar-refractivity contribution in [2.24, 2.45) is 5.92 Å². The first-order valence-corrected chi connectivity index (χ1v) is 9.11. The first-order valence-electron chi connectivity index (χ1n) is 9.11. The fourth-order valence-electron chi connectivity index (χ4n) is 2.90. The number of unbranched alkanes of at least 4 members (excludes halogenated alkanes) is 3. The van der Waals surface area contributed by atoms with E-state index >= 15 is 0 Å². The van der Waals surface area contributed by atoms with Crippen LogP contribution in [0.25, 0.3) is 0 Å². The van der Waals surface area contributed by atoms with E-state index in [0.717, 1.165) is 39.0 Å². The minimum absolute atomic E-state index is 0.148. The number of nitrogens with one attached hydrogen (secondary N) is 1. The number of carbonyl (C=O) groups is 1. The molecule has 1 heterocycles. The number of nitrogens with zero attached hydrogens (tertiary/aromatic N) is 1. The summed E-state index contributed by atoms with van der Waals surface area (Å²) in [6, 6.07) is 0. The van der Waals surface area contributed by atoms with E-state index in [1.165, 1.54) is 32.1 Å². The van der Waals surface area contributed by atoms with E-state index in [1.807, 2.05) is 25.7 Å². The van der Waals surface area contributed by atoms with E-state index in [9.17, 15) is 4.79 Å². The number of hydrogen-bond acceptors (Lipinski definition) is 3. The maximum atomic E-state index is 12.1. The molecule has 0 bridgehead atoms. The maximum absolute atomic E-state index is 12.1. The summed E-state index contributed by atoms with van der Waals surface area (Å²) in [5, 5.41) is 3.54. The Bertz CT molecular complexity index is 313. The summed E-state index contributed by atoms with van der Waals surface area (Å²) in [5.74, 6) is 0.615. The Hall–Kier alpha value is -0.770. The Balaban J connectivity index is 2.16. The number of ether oxygens (including phenoxy) is 1. The summed E-state index contributed by atoms with van der Waals surface area (Å²) in [4.78, 5) is 14.0. The third-order valence-corrected chi connectivity index (χ3v) is 4.11. The Kier molecular flexibility index (Phi) is 8.84. The lowest BCUT2D eigenvalue weighted by molar-refractivity contribution is 0.0162. The fraction of sp³-hybridized carbons (Fsp3) is 0.944. The fourth-order valence-corrected chi connectivity index (χ4v) is 2.90. The van der Waals surface area contributed by atoms with Crippen LogP contribution >= 0.6 is 0 Å². The Morgan fingerprint density at radius 3 is 2.68 bits per heavy atom. The van der Waals surface area contributed by atoms with E-state index in [-0.39, 0.29) is 6.09 Å². The highest BCUT2D eigenvalue weighted by molar-refractivity contribution is 5.68. The van der Waals surface area contributed by atoms with Crippen LogP contribution in [0.3, 0.4) is 0 Å². The zero-order valence-electron chi connectivity index (χ0n) is 15.1. The molecule has 0 aromatic carbocycles. The first-order chi connectivity index (χ1) is 10.4. The normalized spacial score (nSPS) is 19.3. The quantitative estimate of drug-likeness (QED) is 0.683. The molecule has 22 heavy (non-hydrogen) atoms. The molecule has 4 nitrogen and oxygen atoms in total. The van der Waals surface area contributed by atoms with Gasteiger partial charge in [0, 0.05) is 13.1 Å². The smallest absolute Gasteiger partial charge is 0.410 e. The van der Waals surface area contributed by atoms with Gasteiger partial charge >= 0.3 is 6.09 Å². The van der Waals surface area contributed by atoms with Gasteiger partial charge in [-0.15, -0.1) is 0 Å². The number of piperidine rings is 1. The number of hydrogen-bond donors (Lipinski definition) is 1. The number of likely N-dealkylation sites (tertiary alicyclic amines) is 1. The molecule has 0 spiro atoms. The van der Waals surface area contributed by atoms with Crippen molar-refractivity contribution >= 4 is 6.09 Å². The van der Waals surface area contributed by atoms with Crippen LogP contribution in [-0.4, -0.2) is 42.8 Å². The lowest BCUT2D eigenvalue weighted by atomic mass is 9.95. The molecule has 0 saturated carbocycles. The summed E-state index contributed by atoms with van der Waals surface area (Å²) in [6.07, 6.45) is 8.59. The van der Waals surface area contributed by atoms with Crippen molar-refractivity contribution in [3.63, 3.8) is 0 Å². The third-order valence-electron chi connectivity index (χ3n) is 4.11. The van der Waals surface area contributed by atoms with Crippen molar-refractivity contribution in [2.45, 2.75) is 78.2 Å². The van der Waals surface area contributed by atoms with E-state index in [4.69, 9.17) is 4.74 Å². The van der Waals surface area contributed by atoms with Gasteiger partial charge in [0.2, 0.25) is 0 Å². The topological polar surface area (TPSA) is 41.6 Å². The lowest BCUT2D eigenvalue weighted by Gasteiger charge is -2.34. The maximum Gasteiger partial charge on any atom is 0.410 e. The van der Waals surface area contributed by atoms with E-state index in [2.05, 4.69) is 12.2 Å². The molecule has 4 heteroatoms. The molecule has 1 aliphatic rings. The van der Waals surface area contributed by atoms with Gasteiger partial charge in [0.05, 0.1) is 0 Å². The number of rotatable bonds is 8. The molecular formula is C18H36N2O2. The molecule has 0 aromatic rings. The molecule has 1 saturated heterocycles. The summed E-state index contributed by atoms with van der Waals surface area (Å²) >= 11 is 0. The Labute approximate surface area is 137 Å². The molecule has 130 valence electrons. The summed E-state index contributed by atoms with van der Waals surface area (Å²) in [5.41, 5.74) is -0.399. The van der Waals surface area contributed by atoms with Crippen LogP contribution in [0.2, 0.25) is 0 Å². The minimum Gasteiger partial charge on any atom is -0.444 e. The largest absolute Gasteiger partial charge is 0.444 e. The predicted octanol–water partition coefficient (Wildman–Crippen LogP) is 4.19. The second kappa shape index (κ2) is 10.1. The van der Waals surface area contributed by atoms with Crippen LogP contribution in [0.5, 0.6) is 0 Å². The summed E-state index contributed by atoms with van der Waals surface area (Å²) < 4.78 is 5.48. The van der Waals surface area contributed by atoms with Gasteiger partial charge in [0.15, 0.2) is 0 Å². The van der Waals surface area contributed by atoms with Gasteiger partial charge in [-0.1, -0.05) is 26.2 Å². The van der Waals surface area contributed by atoms with Gasteiger partial charge < -0.3 is 15.0 Å². The zero-order valence-corrected chi connectivity index (χ0v) is 15.1. The minimum atomic E-state index is -0.399. The Morgan fingerprint density at radius 1 is 1.23 bits per heavy atom. The first kappa shape index (κ1) is 19.3. The molecule has 1 N–H and O–H groups in total. The van der Waals surface area contributed by atoms with Crippen LogP contribution in [0.1, 0.15) is 72.6 Å². The van der Waals surface area contributed by atoms with Crippen molar-refractivity contribution in [1.82, 2.24) is 10.2 Å². The second-order valence-corrected chi connectivity index (χ2v) is 7.53. The average molecular weight is 312 g/mol. The highest BCUT2D eigenvalue weighted by atomic mass is 16.6. The third kappa shape index (κ3) is 8.62. The van der Waals surface area contributed by atoms with Crippen LogP contribution in [0.4, 0.5) is 4.79 Å². The Morgan fingerprint density at radius 2 is 2.00 bits per heavy atom. The monoisotopic (exact) mass is 312 g/mol. The highest BCUT2D eigenvalue weighted by Crippen LogP contribution is 2.21. The van der Waals surface area contributed by atoms with Crippen LogP contribution < -0.4 is 5.32 Å². The molecule has 1 fully saturated rings. The van der Waals surface area contributed by atoms with E-state index in [0.29, 0.717) is 5.92 Å². The molecule has 1 atom stereocenters. The lowest BCUT2D eigenvalue weighted by Crippen LogP contribution is -2.43. The van der Waals surface area contributed by atoms with Crippen LogP contribution in [0, 0.1) is 5.92 Å². The van der Waals surface area contributed by atoms with Gasteiger partial charge in [0.25, 0.3) is 0 Å². The molecule has 1 amide bonds. The van der Waals surface area contributed by atoms with Crippen LogP contribution in [-0.2, 0) is 4.74 Å². The predicted molar refractivity (Wildman–Crippen MR) is 92.2 cm³/mol. The van der Waals surface area contributed by atoms with Gasteiger partial charge in [0.1, 0.15) is 5.60 Å². The summed E-state index contributed by atoms with van der Waals surface area (Å²) in [6.45, 7) is 11.9. The van der Waals surface area contributed by atoms with Crippen molar-refractivity contribution in [3.05, 3.63) is 0 Å². The van der Waals surface area contributed by atoms with Gasteiger partial charge in [-0.2, -0.15) is 0 Å². The number of carbonyl (C=O) groups excluding carboxylic acids is 1. The molecule has 1 rings (SSSR count). The van der Waals surface area contributed by atoms with Crippen molar-refractivity contribution in [3.8, 4) is 0 Å². The van der Waals surface area contributed by atoms with Crippen molar-refractivity contribution < 1.29 is 9.53 Å². The summed E-state index contributed by atoms with van der Waals surface area (Å²) in [7, 11) is 0. The van der Waals surface area contributed by atoms with Gasteiger partial charge in [-0.05, 0) is 65.5 Å². The van der Waals surface area contributed by atoms with Crippen LogP contribution in [0.15, 0.2) is 0 Å². The van der Waals surface area contributed by atoms with Gasteiger partial charge in [-0.25, -0.2) is 4.79 Å². The SMILES string of the molecule is CCCCCCNCCC1CCCN(C(=O)OC(C)(C)C)C1. The van der Waals surface area contributed by atoms with Crippen molar-refractivity contribution in [1.29, 1.82) is 0 Å². The molecule has 1 aliphatic heterocycles. The number of amides is 1. The second-order valence-electron chi connectivity index (χ2n) is 7.53. The molecule has 0 aliphatic carbocycles. The van der Waals surface area contributed by atoms with Gasteiger partial charge in [-0.3, -0.25) is 0 Å². The van der Waals surface area contributed by atoms with E-state index in [1.54, 1.807) is 0 Å². The average Bonchev–Trinajstić information content (AvgIpc) is 2.45. The molecule has 1 unspecified atom stereocenters. The van der Waals surface area contributed by atoms with Crippen molar-refractivity contribution in [2.75, 3.05) is 26.2 Å². The molecule has 0 radical (unpaired) electrons.